The van der Waals surface area contributed by atoms with Gasteiger partial charge in [0.2, 0.25) is 0 Å². The number of esters is 1. The average molecular weight is 316 g/mol. The van der Waals surface area contributed by atoms with E-state index in [2.05, 4.69) is 9.97 Å². The lowest BCUT2D eigenvalue weighted by Crippen LogP contribution is -2.07. The second kappa shape index (κ2) is 5.81. The number of nitrogens with one attached hydrogen (secondary N) is 1. The SMILES string of the molecule is CCOC(=O)c1ncc(-c2ccccc2)c2[nH]c3ccccc3c12. The third kappa shape index (κ3) is 2.24. The van der Waals surface area contributed by atoms with Crippen LogP contribution in [0, 0.1) is 0 Å². The van der Waals surface area contributed by atoms with E-state index in [0.717, 1.165) is 32.9 Å². The summed E-state index contributed by atoms with van der Waals surface area (Å²) in [5.41, 5.74) is 4.25. The third-order valence-electron chi connectivity index (χ3n) is 4.09. The molecule has 0 radical (unpaired) electrons. The fraction of sp³-hybridized carbons (Fsp3) is 0.100. The van der Waals surface area contributed by atoms with Gasteiger partial charge in [-0.1, -0.05) is 48.5 Å². The first kappa shape index (κ1) is 14.5. The second-order valence-electron chi connectivity index (χ2n) is 5.53. The van der Waals surface area contributed by atoms with Gasteiger partial charge in [-0.15, -0.1) is 0 Å². The fourth-order valence-electron chi connectivity index (χ4n) is 3.04. The lowest BCUT2D eigenvalue weighted by molar-refractivity contribution is 0.0522. The van der Waals surface area contributed by atoms with E-state index in [4.69, 9.17) is 4.74 Å². The van der Waals surface area contributed by atoms with E-state index < -0.39 is 5.97 Å². The summed E-state index contributed by atoms with van der Waals surface area (Å²) < 4.78 is 5.18. The van der Waals surface area contributed by atoms with Crippen LogP contribution in [0.15, 0.2) is 60.8 Å². The molecule has 2 aromatic carbocycles. The predicted octanol–water partition coefficient (Wildman–Crippen LogP) is 4.56. The van der Waals surface area contributed by atoms with Gasteiger partial charge in [-0.05, 0) is 18.6 Å². The maximum absolute atomic E-state index is 12.3. The molecule has 0 bridgehead atoms. The normalized spacial score (nSPS) is 11.0. The van der Waals surface area contributed by atoms with E-state index >= 15 is 0 Å². The molecule has 2 heterocycles. The summed E-state index contributed by atoms with van der Waals surface area (Å²) in [4.78, 5) is 20.2. The highest BCUT2D eigenvalue weighted by Gasteiger charge is 2.20. The Hall–Kier alpha value is -3.14. The molecule has 4 rings (SSSR count). The number of aromatic nitrogens is 2. The summed E-state index contributed by atoms with van der Waals surface area (Å²) in [6.07, 6.45) is 1.74. The van der Waals surface area contributed by atoms with Gasteiger partial charge in [0.1, 0.15) is 0 Å². The highest BCUT2D eigenvalue weighted by Crippen LogP contribution is 2.34. The van der Waals surface area contributed by atoms with Crippen LogP contribution in [0.25, 0.3) is 32.9 Å². The molecule has 0 aliphatic carbocycles. The van der Waals surface area contributed by atoms with Crippen molar-refractivity contribution in [3.8, 4) is 11.1 Å². The summed E-state index contributed by atoms with van der Waals surface area (Å²) in [6, 6.07) is 17.9. The number of benzene rings is 2. The van der Waals surface area contributed by atoms with Crippen molar-refractivity contribution in [2.75, 3.05) is 6.61 Å². The van der Waals surface area contributed by atoms with Crippen molar-refractivity contribution in [3.05, 3.63) is 66.5 Å². The van der Waals surface area contributed by atoms with Gasteiger partial charge in [0, 0.05) is 28.0 Å². The van der Waals surface area contributed by atoms with Crippen molar-refractivity contribution in [2.45, 2.75) is 6.92 Å². The van der Waals surface area contributed by atoms with E-state index in [9.17, 15) is 4.79 Å². The van der Waals surface area contributed by atoms with E-state index in [0.29, 0.717) is 12.3 Å². The number of ether oxygens (including phenoxy) is 1. The first-order chi connectivity index (χ1) is 11.8. The van der Waals surface area contributed by atoms with Gasteiger partial charge in [-0.2, -0.15) is 0 Å². The first-order valence-corrected chi connectivity index (χ1v) is 7.91. The molecule has 0 atom stereocenters. The predicted molar refractivity (Wildman–Crippen MR) is 95.0 cm³/mol. The zero-order valence-electron chi connectivity index (χ0n) is 13.2. The van der Waals surface area contributed by atoms with Crippen LogP contribution in [-0.4, -0.2) is 22.5 Å². The maximum atomic E-state index is 12.3. The van der Waals surface area contributed by atoms with Crippen LogP contribution in [0.5, 0.6) is 0 Å². The minimum Gasteiger partial charge on any atom is -0.461 e. The number of rotatable bonds is 3. The molecule has 2 aromatic heterocycles. The number of pyridine rings is 1. The molecular weight excluding hydrogens is 300 g/mol. The summed E-state index contributed by atoms with van der Waals surface area (Å²) in [6.45, 7) is 2.12. The minimum atomic E-state index is -0.396. The van der Waals surface area contributed by atoms with E-state index in [1.54, 1.807) is 13.1 Å². The molecule has 0 aliphatic rings. The number of aromatic amines is 1. The van der Waals surface area contributed by atoms with Gasteiger partial charge in [0.15, 0.2) is 5.69 Å². The molecular formula is C20H16N2O2. The van der Waals surface area contributed by atoms with Crippen molar-refractivity contribution >= 4 is 27.8 Å². The summed E-state index contributed by atoms with van der Waals surface area (Å²) >= 11 is 0. The number of nitrogens with zero attached hydrogens (tertiary/aromatic N) is 1. The van der Waals surface area contributed by atoms with Crippen LogP contribution in [0.2, 0.25) is 0 Å². The van der Waals surface area contributed by atoms with Gasteiger partial charge in [0.05, 0.1) is 12.1 Å². The third-order valence-corrected chi connectivity index (χ3v) is 4.09. The Labute approximate surface area is 139 Å². The van der Waals surface area contributed by atoms with Crippen molar-refractivity contribution in [1.29, 1.82) is 0 Å². The number of hydrogen-bond acceptors (Lipinski definition) is 3. The monoisotopic (exact) mass is 316 g/mol. The molecule has 0 unspecified atom stereocenters. The molecule has 0 spiro atoms. The number of carbonyl (C=O) groups excluding carboxylic acids is 1. The smallest absolute Gasteiger partial charge is 0.357 e. The highest BCUT2D eigenvalue weighted by molar-refractivity contribution is 6.18. The highest BCUT2D eigenvalue weighted by atomic mass is 16.5. The van der Waals surface area contributed by atoms with Crippen molar-refractivity contribution in [1.82, 2.24) is 9.97 Å². The lowest BCUT2D eigenvalue weighted by atomic mass is 10.0. The standard InChI is InChI=1S/C20H16N2O2/c1-2-24-20(23)19-17-14-10-6-7-11-16(14)22-18(17)15(12-21-19)13-8-4-3-5-9-13/h3-12,22H,2H2,1H3. The lowest BCUT2D eigenvalue weighted by Gasteiger charge is -2.07. The quantitative estimate of drug-likeness (QED) is 0.564. The van der Waals surface area contributed by atoms with Crippen molar-refractivity contribution in [3.63, 3.8) is 0 Å². The molecule has 0 fully saturated rings. The maximum Gasteiger partial charge on any atom is 0.357 e. The number of hydrogen-bond donors (Lipinski definition) is 1. The Bertz CT molecular complexity index is 1040. The molecule has 0 amide bonds. The molecule has 118 valence electrons. The average Bonchev–Trinajstić information content (AvgIpc) is 3.01. The molecule has 0 aliphatic heterocycles. The topological polar surface area (TPSA) is 55.0 Å². The van der Waals surface area contributed by atoms with Crippen LogP contribution < -0.4 is 0 Å². The molecule has 4 nitrogen and oxygen atoms in total. The minimum absolute atomic E-state index is 0.324. The zero-order chi connectivity index (χ0) is 16.5. The van der Waals surface area contributed by atoms with E-state index in [-0.39, 0.29) is 0 Å². The van der Waals surface area contributed by atoms with Crippen LogP contribution >= 0.6 is 0 Å². The van der Waals surface area contributed by atoms with Gasteiger partial charge in [0.25, 0.3) is 0 Å². The molecule has 4 aromatic rings. The van der Waals surface area contributed by atoms with Gasteiger partial charge < -0.3 is 9.72 Å². The number of H-pyrrole nitrogens is 1. The Morgan fingerprint density at radius 3 is 2.62 bits per heavy atom. The Kier molecular flexibility index (Phi) is 3.50. The summed E-state index contributed by atoms with van der Waals surface area (Å²) in [7, 11) is 0. The van der Waals surface area contributed by atoms with Crippen LogP contribution in [0.3, 0.4) is 0 Å². The Morgan fingerprint density at radius 1 is 1.08 bits per heavy atom. The van der Waals surface area contributed by atoms with Gasteiger partial charge in [-0.3, -0.25) is 0 Å². The largest absolute Gasteiger partial charge is 0.461 e. The second-order valence-corrected chi connectivity index (χ2v) is 5.53. The molecule has 0 saturated heterocycles. The fourth-order valence-corrected chi connectivity index (χ4v) is 3.04. The van der Waals surface area contributed by atoms with Gasteiger partial charge >= 0.3 is 5.97 Å². The molecule has 0 saturated carbocycles. The summed E-state index contributed by atoms with van der Waals surface area (Å²) in [5.74, 6) is -0.396. The van der Waals surface area contributed by atoms with Crippen molar-refractivity contribution < 1.29 is 9.53 Å². The number of fused-ring (bicyclic) bond motifs is 3. The van der Waals surface area contributed by atoms with Crippen molar-refractivity contribution in [2.24, 2.45) is 0 Å². The van der Waals surface area contributed by atoms with E-state index in [1.165, 1.54) is 0 Å². The molecule has 4 heteroatoms. The molecule has 1 N–H and O–H groups in total. The summed E-state index contributed by atoms with van der Waals surface area (Å²) in [5, 5.41) is 1.78. The van der Waals surface area contributed by atoms with Crippen LogP contribution in [0.4, 0.5) is 0 Å². The zero-order valence-corrected chi connectivity index (χ0v) is 13.2. The molecule has 24 heavy (non-hydrogen) atoms. The van der Waals surface area contributed by atoms with Gasteiger partial charge in [-0.25, -0.2) is 9.78 Å². The van der Waals surface area contributed by atoms with Crippen LogP contribution in [0.1, 0.15) is 17.4 Å². The number of carbonyl (C=O) groups is 1. The van der Waals surface area contributed by atoms with Crippen LogP contribution in [-0.2, 0) is 4.74 Å². The first-order valence-electron chi connectivity index (χ1n) is 7.91. The van der Waals surface area contributed by atoms with E-state index in [1.807, 2.05) is 54.6 Å². The Morgan fingerprint density at radius 2 is 1.83 bits per heavy atom. The Balaban J connectivity index is 2.08. The number of para-hydroxylation sites is 1.